The van der Waals surface area contributed by atoms with Crippen LogP contribution in [0.15, 0.2) is 76.1 Å². The molecule has 5 nitrogen and oxygen atoms in total. The Morgan fingerprint density at radius 1 is 0.972 bits per heavy atom. The maximum atomic E-state index is 13.5. The molecule has 0 spiro atoms. The summed E-state index contributed by atoms with van der Waals surface area (Å²) in [6, 6.07) is 19.6. The van der Waals surface area contributed by atoms with Gasteiger partial charge < -0.3 is 4.74 Å². The Bertz CT molecular complexity index is 1290. The van der Waals surface area contributed by atoms with Crippen molar-refractivity contribution < 1.29 is 17.9 Å². The van der Waals surface area contributed by atoms with Crippen LogP contribution < -0.4 is 9.04 Å². The summed E-state index contributed by atoms with van der Waals surface area (Å²) in [4.78, 5) is 13.4. The number of hydrogen-bond acceptors (Lipinski definition) is 4. The van der Waals surface area contributed by atoms with Crippen molar-refractivity contribution in [3.63, 3.8) is 0 Å². The molecule has 3 aromatic carbocycles. The SMILES string of the molecule is CCc1ccc(N(C(=O)CCCOc2ccc(C(C)(C)C)cc2Br)S(=O)(=O)c2ccc(C)cc2)cc1. The summed E-state index contributed by atoms with van der Waals surface area (Å²) in [5.74, 6) is 0.195. The van der Waals surface area contributed by atoms with Crippen molar-refractivity contribution in [3.05, 3.63) is 87.9 Å². The molecular formula is C29H34BrNO4S. The van der Waals surface area contributed by atoms with Crippen LogP contribution >= 0.6 is 15.9 Å². The highest BCUT2D eigenvalue weighted by molar-refractivity contribution is 9.10. The molecule has 0 aliphatic heterocycles. The van der Waals surface area contributed by atoms with Crippen LogP contribution in [0.2, 0.25) is 0 Å². The number of nitrogens with zero attached hydrogens (tertiary/aromatic N) is 1. The van der Waals surface area contributed by atoms with Crippen LogP contribution in [0.3, 0.4) is 0 Å². The number of aryl methyl sites for hydroxylation is 2. The Balaban J connectivity index is 1.75. The summed E-state index contributed by atoms with van der Waals surface area (Å²) < 4.78 is 34.7. The van der Waals surface area contributed by atoms with Gasteiger partial charge in [0.15, 0.2) is 0 Å². The Kier molecular flexibility index (Phi) is 9.01. The number of rotatable bonds is 9. The van der Waals surface area contributed by atoms with Gasteiger partial charge >= 0.3 is 0 Å². The number of halogens is 1. The molecule has 0 N–H and O–H groups in total. The predicted octanol–water partition coefficient (Wildman–Crippen LogP) is 7.20. The van der Waals surface area contributed by atoms with Crippen LogP contribution in [-0.2, 0) is 26.7 Å². The number of carbonyl (C=O) groups is 1. The van der Waals surface area contributed by atoms with Crippen LogP contribution in [0.1, 0.15) is 57.2 Å². The van der Waals surface area contributed by atoms with E-state index in [1.165, 1.54) is 17.7 Å². The van der Waals surface area contributed by atoms with E-state index in [9.17, 15) is 13.2 Å². The Morgan fingerprint density at radius 2 is 1.61 bits per heavy atom. The maximum Gasteiger partial charge on any atom is 0.270 e. The summed E-state index contributed by atoms with van der Waals surface area (Å²) in [6.07, 6.45) is 1.22. The van der Waals surface area contributed by atoms with Gasteiger partial charge in [-0.3, -0.25) is 4.79 Å². The standard InChI is InChI=1S/C29H34BrNO4S/c1-6-22-11-14-24(15-12-22)31(36(33,34)25-16-9-21(2)10-17-25)28(32)8-7-19-35-27-18-13-23(20-26(27)30)29(3,4)5/h9-18,20H,6-8,19H2,1-5H3. The molecule has 0 radical (unpaired) electrons. The Labute approximate surface area is 223 Å². The fourth-order valence-electron chi connectivity index (χ4n) is 3.69. The van der Waals surface area contributed by atoms with Gasteiger partial charge in [0.1, 0.15) is 5.75 Å². The van der Waals surface area contributed by atoms with Crippen molar-refractivity contribution in [2.75, 3.05) is 10.9 Å². The summed E-state index contributed by atoms with van der Waals surface area (Å²) in [5.41, 5.74) is 3.55. The number of anilines is 1. The van der Waals surface area contributed by atoms with Crippen molar-refractivity contribution in [1.82, 2.24) is 0 Å². The lowest BCUT2D eigenvalue weighted by Gasteiger charge is -2.23. The third-order valence-electron chi connectivity index (χ3n) is 5.96. The summed E-state index contributed by atoms with van der Waals surface area (Å²) in [7, 11) is -4.07. The van der Waals surface area contributed by atoms with E-state index in [0.29, 0.717) is 17.9 Å². The molecule has 0 aliphatic carbocycles. The molecule has 0 atom stereocenters. The lowest BCUT2D eigenvalue weighted by molar-refractivity contribution is -0.117. The predicted molar refractivity (Wildman–Crippen MR) is 149 cm³/mol. The van der Waals surface area contributed by atoms with Crippen LogP contribution in [-0.4, -0.2) is 20.9 Å². The first-order valence-electron chi connectivity index (χ1n) is 12.1. The van der Waals surface area contributed by atoms with Gasteiger partial charge in [0.05, 0.1) is 21.7 Å². The summed E-state index contributed by atoms with van der Waals surface area (Å²) in [5, 5.41) is 0. The molecule has 36 heavy (non-hydrogen) atoms. The molecule has 7 heteroatoms. The molecule has 0 fully saturated rings. The maximum absolute atomic E-state index is 13.5. The fourth-order valence-corrected chi connectivity index (χ4v) is 5.63. The van der Waals surface area contributed by atoms with E-state index in [4.69, 9.17) is 4.74 Å². The highest BCUT2D eigenvalue weighted by atomic mass is 79.9. The zero-order valence-electron chi connectivity index (χ0n) is 21.5. The number of benzene rings is 3. The van der Waals surface area contributed by atoms with Gasteiger partial charge in [0.25, 0.3) is 10.0 Å². The van der Waals surface area contributed by atoms with Gasteiger partial charge in [0.2, 0.25) is 5.91 Å². The molecule has 0 bridgehead atoms. The van der Waals surface area contributed by atoms with E-state index in [2.05, 4.69) is 36.7 Å². The van der Waals surface area contributed by atoms with Gasteiger partial charge in [-0.15, -0.1) is 0 Å². The first kappa shape index (κ1) is 27.9. The van der Waals surface area contributed by atoms with Crippen molar-refractivity contribution in [2.45, 2.75) is 64.2 Å². The monoisotopic (exact) mass is 571 g/mol. The van der Waals surface area contributed by atoms with Crippen LogP contribution in [0, 0.1) is 6.92 Å². The van der Waals surface area contributed by atoms with E-state index >= 15 is 0 Å². The minimum absolute atomic E-state index is 0.0230. The fraction of sp³-hybridized carbons (Fsp3) is 0.345. The highest BCUT2D eigenvalue weighted by Gasteiger charge is 2.30. The van der Waals surface area contributed by atoms with Crippen LogP contribution in [0.25, 0.3) is 0 Å². The number of sulfonamides is 1. The molecule has 3 aromatic rings. The molecule has 3 rings (SSSR count). The van der Waals surface area contributed by atoms with E-state index < -0.39 is 15.9 Å². The molecule has 0 aliphatic rings. The van der Waals surface area contributed by atoms with E-state index in [1.807, 2.05) is 44.2 Å². The molecule has 0 aromatic heterocycles. The number of amides is 1. The van der Waals surface area contributed by atoms with E-state index in [0.717, 1.165) is 26.3 Å². The van der Waals surface area contributed by atoms with Crippen molar-refractivity contribution in [2.24, 2.45) is 0 Å². The van der Waals surface area contributed by atoms with E-state index in [-0.39, 0.29) is 23.3 Å². The first-order chi connectivity index (χ1) is 16.9. The number of hydrogen-bond donors (Lipinski definition) is 0. The average molecular weight is 573 g/mol. The summed E-state index contributed by atoms with van der Waals surface area (Å²) >= 11 is 3.56. The lowest BCUT2D eigenvalue weighted by atomic mass is 9.87. The topological polar surface area (TPSA) is 63.7 Å². The molecule has 1 amide bonds. The third kappa shape index (κ3) is 6.77. The zero-order valence-corrected chi connectivity index (χ0v) is 23.9. The largest absolute Gasteiger partial charge is 0.492 e. The summed E-state index contributed by atoms with van der Waals surface area (Å²) in [6.45, 7) is 10.6. The highest BCUT2D eigenvalue weighted by Crippen LogP contribution is 2.32. The normalized spacial score (nSPS) is 11.8. The Hall–Kier alpha value is -2.64. The van der Waals surface area contributed by atoms with Gasteiger partial charge in [-0.2, -0.15) is 0 Å². The van der Waals surface area contributed by atoms with Gasteiger partial charge in [0, 0.05) is 6.42 Å². The molecule has 0 saturated heterocycles. The molecular weight excluding hydrogens is 538 g/mol. The van der Waals surface area contributed by atoms with Crippen LogP contribution in [0.4, 0.5) is 5.69 Å². The number of ether oxygens (including phenoxy) is 1. The van der Waals surface area contributed by atoms with Crippen molar-refractivity contribution >= 4 is 37.5 Å². The second-order valence-electron chi connectivity index (χ2n) is 9.84. The van der Waals surface area contributed by atoms with Crippen molar-refractivity contribution in [3.8, 4) is 5.75 Å². The minimum Gasteiger partial charge on any atom is -0.492 e. The second-order valence-corrected chi connectivity index (χ2v) is 12.5. The quantitative estimate of drug-likeness (QED) is 0.255. The molecule has 0 unspecified atom stereocenters. The van der Waals surface area contributed by atoms with Gasteiger partial charge in [-0.05, 0) is 88.6 Å². The molecule has 192 valence electrons. The minimum atomic E-state index is -4.07. The Morgan fingerprint density at radius 3 is 2.17 bits per heavy atom. The number of carbonyl (C=O) groups excluding carboxylic acids is 1. The molecule has 0 saturated carbocycles. The second kappa shape index (κ2) is 11.6. The van der Waals surface area contributed by atoms with E-state index in [1.54, 1.807) is 24.3 Å². The first-order valence-corrected chi connectivity index (χ1v) is 14.3. The third-order valence-corrected chi connectivity index (χ3v) is 8.34. The van der Waals surface area contributed by atoms with Crippen LogP contribution in [0.5, 0.6) is 5.75 Å². The zero-order chi connectivity index (χ0) is 26.5. The smallest absolute Gasteiger partial charge is 0.270 e. The average Bonchev–Trinajstić information content (AvgIpc) is 2.82. The van der Waals surface area contributed by atoms with Crippen molar-refractivity contribution in [1.29, 1.82) is 0 Å². The van der Waals surface area contributed by atoms with Gasteiger partial charge in [-0.1, -0.05) is 63.6 Å². The molecule has 0 heterocycles. The van der Waals surface area contributed by atoms with Gasteiger partial charge in [-0.25, -0.2) is 12.7 Å². The lowest BCUT2D eigenvalue weighted by Crippen LogP contribution is -2.37.